The van der Waals surface area contributed by atoms with Crippen LogP contribution >= 0.6 is 0 Å². The number of hydrogen-bond donors (Lipinski definition) is 0. The smallest absolute Gasteiger partial charge is 0.252 e. The Morgan fingerprint density at radius 3 is 0.991 bits per heavy atom. The monoisotopic (exact) mass is 1400 g/mol. The minimum Gasteiger partial charge on any atom is -0.310 e. The molecule has 6 heteroatoms. The molecule has 2 aliphatic rings. The summed E-state index contributed by atoms with van der Waals surface area (Å²) in [5.74, 6) is 0. The first-order chi connectivity index (χ1) is 55.8. The molecule has 0 fully saturated rings. The summed E-state index contributed by atoms with van der Waals surface area (Å²) in [7, 11) is 0. The van der Waals surface area contributed by atoms with E-state index < -0.39 is 48.4 Å². The van der Waals surface area contributed by atoms with E-state index in [9.17, 15) is 8.22 Å². The molecule has 18 aromatic rings. The maximum absolute atomic E-state index is 9.93. The first-order valence-electron chi connectivity index (χ1n) is 41.5. The van der Waals surface area contributed by atoms with Gasteiger partial charge in [0.1, 0.15) is 0 Å². The lowest BCUT2D eigenvalue weighted by atomic mass is 9.33. The lowest BCUT2D eigenvalue weighted by Gasteiger charge is -2.47. The lowest BCUT2D eigenvalue weighted by molar-refractivity contribution is 0.590. The van der Waals surface area contributed by atoms with Gasteiger partial charge >= 0.3 is 0 Å². The number of para-hydroxylation sites is 5. The summed E-state index contributed by atoms with van der Waals surface area (Å²) in [4.78, 5) is 5.10. The van der Waals surface area contributed by atoms with Crippen molar-refractivity contribution < 1.29 is 11.0 Å². The highest BCUT2D eigenvalue weighted by molar-refractivity contribution is 7.00. The topological polar surface area (TPSA) is 21.3 Å². The van der Waals surface area contributed by atoms with Crippen LogP contribution in [0.15, 0.2) is 333 Å². The fraction of sp³-hybridized carbons (Fsp3) is 0.118. The minimum absolute atomic E-state index is 0.00998. The van der Waals surface area contributed by atoms with Crippen molar-refractivity contribution in [1.82, 2.24) is 13.7 Å². The SMILES string of the molecule is [2H]c1c([2H])c([2H])c2c(c1[2H])c1c([2H])c([2H])c([2H])c([2H])c1n2-c1ccc2c(c1)N(c1c(-c3ccccc3)cc(C(C)(C)C)cc1-c1ccccc1)c1cc(C(C)(C)C)cc3c1B2c1ccc(-n2c4ccccc4c4ccc5c6ccccc6n(-c6ccccc6)c5c42)cc1N3c1c(-c2ccccc2)cc(C(C)(C)C)cc1-c1ccccc1. The van der Waals surface area contributed by atoms with Gasteiger partial charge in [-0.1, -0.05) is 299 Å². The number of fused-ring (bicyclic) bond motifs is 14. The van der Waals surface area contributed by atoms with Crippen molar-refractivity contribution in [3.8, 4) is 61.6 Å². The third-order valence-electron chi connectivity index (χ3n) is 22.7. The van der Waals surface area contributed by atoms with E-state index in [1.807, 2.05) is 6.07 Å². The molecule has 0 bridgehead atoms. The minimum atomic E-state index is -0.531. The molecule has 2 aliphatic heterocycles. The zero-order valence-electron chi connectivity index (χ0n) is 69.9. The summed E-state index contributed by atoms with van der Waals surface area (Å²) in [5, 5.41) is 4.55. The first kappa shape index (κ1) is 56.7. The molecular formula is C102H82BN5. The summed E-state index contributed by atoms with van der Waals surface area (Å²) >= 11 is 0. The first-order valence-corrected chi connectivity index (χ1v) is 37.5. The van der Waals surface area contributed by atoms with Crippen LogP contribution in [0.5, 0.6) is 0 Å². The average molecular weight is 1400 g/mol. The van der Waals surface area contributed by atoms with Gasteiger partial charge in [-0.15, -0.1) is 0 Å². The Balaban J connectivity index is 0.996. The number of aromatic nitrogens is 3. The molecular weight excluding hydrogens is 1310 g/mol. The second-order valence-corrected chi connectivity index (χ2v) is 32.3. The summed E-state index contributed by atoms with van der Waals surface area (Å²) in [6.07, 6.45) is 0. The second kappa shape index (κ2) is 24.5. The molecule has 0 spiro atoms. The van der Waals surface area contributed by atoms with Crippen LogP contribution in [0.2, 0.25) is 0 Å². The van der Waals surface area contributed by atoms with E-state index in [4.69, 9.17) is 2.74 Å². The molecule has 3 aromatic heterocycles. The van der Waals surface area contributed by atoms with E-state index in [0.29, 0.717) is 5.69 Å². The number of anilines is 6. The van der Waals surface area contributed by atoms with Gasteiger partial charge in [-0.25, -0.2) is 0 Å². The van der Waals surface area contributed by atoms with E-state index in [1.54, 1.807) is 4.57 Å². The van der Waals surface area contributed by atoms with Gasteiger partial charge in [0.2, 0.25) is 0 Å². The van der Waals surface area contributed by atoms with Gasteiger partial charge in [0, 0.05) is 94.4 Å². The predicted octanol–water partition coefficient (Wildman–Crippen LogP) is 25.6. The van der Waals surface area contributed by atoms with Gasteiger partial charge in [-0.3, -0.25) is 0 Å². The molecule has 0 unspecified atom stereocenters. The summed E-state index contributed by atoms with van der Waals surface area (Å²) in [5.41, 5.74) is 25.8. The van der Waals surface area contributed by atoms with Crippen molar-refractivity contribution in [2.75, 3.05) is 9.80 Å². The third-order valence-corrected chi connectivity index (χ3v) is 22.7. The molecule has 0 saturated carbocycles. The predicted molar refractivity (Wildman–Crippen MR) is 461 cm³/mol. The normalized spacial score (nSPS) is 14.0. The Kier molecular flexibility index (Phi) is 12.8. The molecule has 0 aliphatic carbocycles. The molecule has 20 rings (SSSR count). The van der Waals surface area contributed by atoms with Gasteiger partial charge < -0.3 is 23.5 Å². The van der Waals surface area contributed by atoms with Crippen LogP contribution in [0.4, 0.5) is 34.1 Å². The van der Waals surface area contributed by atoms with E-state index in [1.165, 1.54) is 5.56 Å². The van der Waals surface area contributed by atoms with Crippen molar-refractivity contribution in [2.24, 2.45) is 0 Å². The molecule has 0 radical (unpaired) electrons. The van der Waals surface area contributed by atoms with Crippen LogP contribution in [-0.2, 0) is 16.2 Å². The van der Waals surface area contributed by atoms with E-state index >= 15 is 0 Å². The van der Waals surface area contributed by atoms with Gasteiger partial charge in [-0.05, 0) is 169 Å². The Labute approximate surface area is 643 Å². The maximum atomic E-state index is 9.93. The Morgan fingerprint density at radius 2 is 0.602 bits per heavy atom. The highest BCUT2D eigenvalue weighted by Gasteiger charge is 2.47. The fourth-order valence-electron chi connectivity index (χ4n) is 17.4. The standard InChI is InChI=1S/C102H82BN5/c1-100(2,3)69-57-81(65-33-15-10-16-34-65)96(82(58-69)66-35-17-11-18-36-66)107-91-63-73(104-87-47-29-25-43-75(87)76-44-26-30-48-88(76)104)51-55-85(91)103-86-56-52-74(106-90-50-32-28-46-78(90)80-54-53-79-77-45-27-31-49-89(77)105(98(79)99(80)106)72-41-23-14-24-42-72)64-92(86)108(94-62-71(102(7,8)9)61-93(107)95(94)103)97-83(67-37-19-12-20-38-67)59-70(101(4,5)6)60-84(97)68-39-21-13-22-40-68/h10-64H,1-9H3/i25D,26D,29D,30D,43D,44D,47D,48D. The molecule has 0 saturated heterocycles. The fourth-order valence-corrected chi connectivity index (χ4v) is 17.4. The van der Waals surface area contributed by atoms with Crippen LogP contribution in [0.25, 0.3) is 127 Å². The Bertz CT molecular complexity index is 6980. The lowest BCUT2D eigenvalue weighted by Crippen LogP contribution is -2.61. The van der Waals surface area contributed by atoms with Gasteiger partial charge in [0.15, 0.2) is 0 Å². The largest absolute Gasteiger partial charge is 0.310 e. The van der Waals surface area contributed by atoms with Crippen LogP contribution in [0.1, 0.15) is 90.0 Å². The van der Waals surface area contributed by atoms with Crippen molar-refractivity contribution in [1.29, 1.82) is 0 Å². The van der Waals surface area contributed by atoms with Crippen LogP contribution in [0.3, 0.4) is 0 Å². The summed E-state index contributed by atoms with van der Waals surface area (Å²) in [6.45, 7) is 20.1. The Hall–Kier alpha value is -12.6. The number of rotatable bonds is 9. The molecule has 0 amide bonds. The van der Waals surface area contributed by atoms with Crippen molar-refractivity contribution in [3.05, 3.63) is 350 Å². The van der Waals surface area contributed by atoms with Crippen LogP contribution in [-0.4, -0.2) is 20.4 Å². The van der Waals surface area contributed by atoms with Crippen molar-refractivity contribution >= 4 is 123 Å². The maximum Gasteiger partial charge on any atom is 0.252 e. The molecule has 108 heavy (non-hydrogen) atoms. The molecule has 15 aromatic carbocycles. The molecule has 5 nitrogen and oxygen atoms in total. The zero-order valence-corrected chi connectivity index (χ0v) is 61.9. The molecule has 0 N–H and O–H groups in total. The second-order valence-electron chi connectivity index (χ2n) is 32.3. The molecule has 0 atom stereocenters. The van der Waals surface area contributed by atoms with Gasteiger partial charge in [0.25, 0.3) is 6.71 Å². The van der Waals surface area contributed by atoms with E-state index in [0.717, 1.165) is 161 Å². The van der Waals surface area contributed by atoms with Gasteiger partial charge in [-0.2, -0.15) is 0 Å². The van der Waals surface area contributed by atoms with Gasteiger partial charge in [0.05, 0.1) is 55.4 Å². The number of benzene rings is 15. The molecule has 518 valence electrons. The van der Waals surface area contributed by atoms with Crippen molar-refractivity contribution in [3.63, 3.8) is 0 Å². The third kappa shape index (κ3) is 10.1. The van der Waals surface area contributed by atoms with Crippen molar-refractivity contribution in [2.45, 2.75) is 78.6 Å². The summed E-state index contributed by atoms with van der Waals surface area (Å²) in [6, 6.07) is 100. The number of nitrogens with zero attached hydrogens (tertiary/aromatic N) is 5. The average Bonchev–Trinajstić information content (AvgIpc) is 0.932. The summed E-state index contributed by atoms with van der Waals surface area (Å²) < 4.78 is 82.8. The van der Waals surface area contributed by atoms with E-state index in [-0.39, 0.29) is 44.7 Å². The highest BCUT2D eigenvalue weighted by atomic mass is 15.2. The van der Waals surface area contributed by atoms with Crippen LogP contribution < -0.4 is 26.2 Å². The highest BCUT2D eigenvalue weighted by Crippen LogP contribution is 2.56. The molecule has 5 heterocycles. The van der Waals surface area contributed by atoms with E-state index in [2.05, 4.69) is 360 Å². The quantitative estimate of drug-likeness (QED) is 0.134. The van der Waals surface area contributed by atoms with Crippen LogP contribution in [0, 0.1) is 0 Å². The Morgan fingerprint density at radius 1 is 0.269 bits per heavy atom. The number of hydrogen-bond acceptors (Lipinski definition) is 2. The zero-order chi connectivity index (χ0) is 80.0.